The van der Waals surface area contributed by atoms with Crippen LogP contribution in [0.3, 0.4) is 0 Å². The van der Waals surface area contributed by atoms with Gasteiger partial charge >= 0.3 is 6.18 Å². The van der Waals surface area contributed by atoms with E-state index in [0.29, 0.717) is 10.9 Å². The van der Waals surface area contributed by atoms with Crippen LogP contribution < -0.4 is 5.73 Å². The molecule has 100 valence electrons. The summed E-state index contributed by atoms with van der Waals surface area (Å²) >= 11 is 0. The molecule has 1 aromatic heterocycles. The fourth-order valence-corrected chi connectivity index (χ4v) is 1.98. The molecule has 6 heteroatoms. The van der Waals surface area contributed by atoms with Gasteiger partial charge in [-0.05, 0) is 24.6 Å². The first-order chi connectivity index (χ1) is 8.79. The fraction of sp³-hybridized carbons (Fsp3) is 0.231. The summed E-state index contributed by atoms with van der Waals surface area (Å²) in [5.74, 6) is -0.629. The lowest BCUT2D eigenvalue weighted by Gasteiger charge is -2.12. The molecule has 0 radical (unpaired) electrons. The fourth-order valence-electron chi connectivity index (χ4n) is 1.98. The van der Waals surface area contributed by atoms with Gasteiger partial charge in [0.05, 0.1) is 23.2 Å². The monoisotopic (exact) mass is 268 g/mol. The van der Waals surface area contributed by atoms with E-state index < -0.39 is 17.6 Å². The van der Waals surface area contributed by atoms with Crippen molar-refractivity contribution in [2.45, 2.75) is 19.5 Å². The Morgan fingerprint density at radius 3 is 2.63 bits per heavy atom. The molecule has 0 aliphatic carbocycles. The van der Waals surface area contributed by atoms with Crippen molar-refractivity contribution >= 4 is 16.8 Å². The Bertz CT molecular complexity index is 650. The van der Waals surface area contributed by atoms with E-state index >= 15 is 0 Å². The number of hydrogen-bond donors (Lipinski definition) is 1. The normalized spacial score (nSPS) is 11.8. The van der Waals surface area contributed by atoms with E-state index in [9.17, 15) is 18.0 Å². The van der Waals surface area contributed by atoms with Gasteiger partial charge in [0.25, 0.3) is 0 Å². The van der Waals surface area contributed by atoms with Crippen LogP contribution in [0, 0.1) is 6.92 Å². The van der Waals surface area contributed by atoms with E-state index in [-0.39, 0.29) is 17.6 Å². The van der Waals surface area contributed by atoms with Crippen molar-refractivity contribution in [3.05, 3.63) is 41.1 Å². The lowest BCUT2D eigenvalue weighted by atomic mass is 10.0. The number of amides is 1. The first-order valence-corrected chi connectivity index (χ1v) is 5.54. The molecule has 0 aliphatic rings. The van der Waals surface area contributed by atoms with Gasteiger partial charge in [-0.3, -0.25) is 9.78 Å². The molecular weight excluding hydrogens is 257 g/mol. The number of para-hydroxylation sites is 1. The number of nitrogens with two attached hydrogens (primary N) is 1. The van der Waals surface area contributed by atoms with E-state index in [2.05, 4.69) is 4.98 Å². The van der Waals surface area contributed by atoms with Crippen LogP contribution in [0.15, 0.2) is 24.3 Å². The number of rotatable bonds is 2. The number of nitrogens with zero attached hydrogens (tertiary/aromatic N) is 1. The molecule has 2 aromatic rings. The van der Waals surface area contributed by atoms with Gasteiger partial charge in [-0.25, -0.2) is 0 Å². The van der Waals surface area contributed by atoms with Crippen LogP contribution in [0.5, 0.6) is 0 Å². The Morgan fingerprint density at radius 2 is 2.05 bits per heavy atom. The highest BCUT2D eigenvalue weighted by atomic mass is 19.4. The minimum absolute atomic E-state index is 0.147. The molecule has 0 unspecified atom stereocenters. The van der Waals surface area contributed by atoms with Crippen molar-refractivity contribution in [2.24, 2.45) is 5.73 Å². The number of carbonyl (C=O) groups excluding carboxylic acids is 1. The number of aromatic nitrogens is 1. The lowest BCUT2D eigenvalue weighted by Crippen LogP contribution is -2.15. The Kier molecular flexibility index (Phi) is 3.18. The van der Waals surface area contributed by atoms with Crippen LogP contribution in [-0.2, 0) is 17.4 Å². The number of primary amides is 1. The summed E-state index contributed by atoms with van der Waals surface area (Å²) in [6.45, 7) is 1.68. The number of fused-ring (bicyclic) bond motifs is 1. The first kappa shape index (κ1) is 13.3. The van der Waals surface area contributed by atoms with Gasteiger partial charge < -0.3 is 5.73 Å². The minimum Gasteiger partial charge on any atom is -0.369 e. The molecule has 0 fully saturated rings. The number of alkyl halides is 3. The highest BCUT2D eigenvalue weighted by Crippen LogP contribution is 2.34. The van der Waals surface area contributed by atoms with Crippen molar-refractivity contribution in [1.82, 2.24) is 4.98 Å². The molecule has 0 aliphatic heterocycles. The number of benzene rings is 1. The summed E-state index contributed by atoms with van der Waals surface area (Å²) in [5.41, 5.74) is 4.96. The molecule has 0 saturated heterocycles. The third-order valence-electron chi connectivity index (χ3n) is 2.76. The number of halogens is 3. The average Bonchev–Trinajstić information content (AvgIpc) is 2.26. The predicted octanol–water partition coefficient (Wildman–Crippen LogP) is 2.59. The van der Waals surface area contributed by atoms with Gasteiger partial charge in [-0.2, -0.15) is 13.2 Å². The Labute approximate surface area is 107 Å². The zero-order valence-corrected chi connectivity index (χ0v) is 10.1. The average molecular weight is 268 g/mol. The van der Waals surface area contributed by atoms with Crippen molar-refractivity contribution in [3.63, 3.8) is 0 Å². The van der Waals surface area contributed by atoms with Gasteiger partial charge in [0.1, 0.15) is 0 Å². The highest BCUT2D eigenvalue weighted by Gasteiger charge is 2.33. The van der Waals surface area contributed by atoms with E-state index in [1.807, 2.05) is 0 Å². The molecule has 2 rings (SSSR count). The molecule has 19 heavy (non-hydrogen) atoms. The lowest BCUT2D eigenvalue weighted by molar-refractivity contribution is -0.136. The van der Waals surface area contributed by atoms with Crippen LogP contribution in [0.1, 0.15) is 16.8 Å². The smallest absolute Gasteiger partial charge is 0.369 e. The maximum absolute atomic E-state index is 12.9. The number of carbonyl (C=O) groups is 1. The maximum atomic E-state index is 12.9. The van der Waals surface area contributed by atoms with Gasteiger partial charge in [0.2, 0.25) is 5.91 Å². The third kappa shape index (κ3) is 2.67. The van der Waals surface area contributed by atoms with Crippen molar-refractivity contribution in [3.8, 4) is 0 Å². The molecule has 0 atom stereocenters. The van der Waals surface area contributed by atoms with Crippen molar-refractivity contribution in [1.29, 1.82) is 0 Å². The molecule has 1 heterocycles. The van der Waals surface area contributed by atoms with E-state index in [1.54, 1.807) is 19.1 Å². The summed E-state index contributed by atoms with van der Waals surface area (Å²) in [7, 11) is 0. The number of aryl methyl sites for hydroxylation is 1. The second-order valence-electron chi connectivity index (χ2n) is 4.27. The van der Waals surface area contributed by atoms with Crippen LogP contribution in [0.4, 0.5) is 13.2 Å². The van der Waals surface area contributed by atoms with Gasteiger partial charge in [0.15, 0.2) is 0 Å². The van der Waals surface area contributed by atoms with E-state index in [4.69, 9.17) is 5.73 Å². The van der Waals surface area contributed by atoms with Gasteiger partial charge in [-0.15, -0.1) is 0 Å². The second kappa shape index (κ2) is 4.53. The van der Waals surface area contributed by atoms with Crippen molar-refractivity contribution < 1.29 is 18.0 Å². The summed E-state index contributed by atoms with van der Waals surface area (Å²) in [6.07, 6.45) is -4.66. The molecule has 0 bridgehead atoms. The van der Waals surface area contributed by atoms with Crippen LogP contribution in [0.25, 0.3) is 10.9 Å². The Hall–Kier alpha value is -2.11. The Balaban J connectivity index is 2.72. The van der Waals surface area contributed by atoms with E-state index in [1.165, 1.54) is 6.07 Å². The molecular formula is C13H11F3N2O. The van der Waals surface area contributed by atoms with Crippen molar-refractivity contribution in [2.75, 3.05) is 0 Å². The van der Waals surface area contributed by atoms with Crippen LogP contribution >= 0.6 is 0 Å². The maximum Gasteiger partial charge on any atom is 0.418 e. The zero-order chi connectivity index (χ0) is 14.2. The molecule has 0 spiro atoms. The topological polar surface area (TPSA) is 56.0 Å². The largest absolute Gasteiger partial charge is 0.418 e. The van der Waals surface area contributed by atoms with Crippen LogP contribution in [0.2, 0.25) is 0 Å². The van der Waals surface area contributed by atoms with Crippen LogP contribution in [-0.4, -0.2) is 10.9 Å². The highest BCUT2D eigenvalue weighted by molar-refractivity contribution is 5.86. The third-order valence-corrected chi connectivity index (χ3v) is 2.76. The standard InChI is InChI=1S/C13H11F3N2O/c1-7-5-8(6-11(17)19)18-12-9(7)3-2-4-10(12)13(14,15)16/h2-5H,6H2,1H3,(H2,17,19). The molecule has 0 saturated carbocycles. The minimum atomic E-state index is -4.48. The number of hydrogen-bond acceptors (Lipinski definition) is 2. The van der Waals surface area contributed by atoms with Gasteiger partial charge in [-0.1, -0.05) is 12.1 Å². The predicted molar refractivity (Wildman–Crippen MR) is 64.4 cm³/mol. The first-order valence-electron chi connectivity index (χ1n) is 5.54. The molecule has 1 amide bonds. The Morgan fingerprint density at radius 1 is 1.37 bits per heavy atom. The van der Waals surface area contributed by atoms with Gasteiger partial charge in [0, 0.05) is 5.39 Å². The quantitative estimate of drug-likeness (QED) is 0.910. The summed E-state index contributed by atoms with van der Waals surface area (Å²) in [4.78, 5) is 14.8. The second-order valence-corrected chi connectivity index (χ2v) is 4.27. The zero-order valence-electron chi connectivity index (χ0n) is 10.1. The molecule has 2 N–H and O–H groups in total. The molecule has 1 aromatic carbocycles. The summed E-state index contributed by atoms with van der Waals surface area (Å²) in [5, 5.41) is 0.419. The molecule has 3 nitrogen and oxygen atoms in total. The number of pyridine rings is 1. The van der Waals surface area contributed by atoms with E-state index in [0.717, 1.165) is 6.07 Å². The SMILES string of the molecule is Cc1cc(CC(N)=O)nc2c(C(F)(F)F)cccc12. The summed E-state index contributed by atoms with van der Waals surface area (Å²) < 4.78 is 38.7. The summed E-state index contributed by atoms with van der Waals surface area (Å²) in [6, 6.07) is 5.46.